The molecule has 1 aliphatic carbocycles. The van der Waals surface area contributed by atoms with Gasteiger partial charge in [-0.05, 0) is 10.8 Å². The Balaban J connectivity index is -0.000000473. The van der Waals surface area contributed by atoms with E-state index in [9.17, 15) is 0 Å². The van der Waals surface area contributed by atoms with Crippen molar-refractivity contribution in [3.05, 3.63) is 52.6 Å². The van der Waals surface area contributed by atoms with Gasteiger partial charge in [-0.2, -0.15) is 34.4 Å². The summed E-state index contributed by atoms with van der Waals surface area (Å²) in [5.74, 6) is 0. The molecule has 0 radical (unpaired) electrons. The third-order valence-electron chi connectivity index (χ3n) is 4.98. The van der Waals surface area contributed by atoms with Crippen LogP contribution in [0.15, 0.2) is 29.9 Å². The van der Waals surface area contributed by atoms with E-state index in [-0.39, 0.29) is 41.1 Å². The van der Waals surface area contributed by atoms with Gasteiger partial charge in [-0.25, -0.2) is 12.2 Å². The molecule has 0 amide bonds. The van der Waals surface area contributed by atoms with Crippen LogP contribution < -0.4 is 24.8 Å². The predicted molar refractivity (Wildman–Crippen MR) is 134 cm³/mol. The van der Waals surface area contributed by atoms with Gasteiger partial charge in [-0.15, -0.1) is 6.42 Å². The Bertz CT molecular complexity index is 714. The van der Waals surface area contributed by atoms with Crippen molar-refractivity contribution >= 4 is 3.21 Å². The largest absolute Gasteiger partial charge is 1.00 e. The van der Waals surface area contributed by atoms with E-state index < -0.39 is 0 Å². The second-order valence-electron chi connectivity index (χ2n) is 12.8. The fourth-order valence-corrected chi connectivity index (χ4v) is 3.44. The molecule has 0 saturated heterocycles. The number of hydrogen-bond donors (Lipinski definition) is 0. The van der Waals surface area contributed by atoms with Crippen molar-refractivity contribution in [1.29, 1.82) is 0 Å². The molecule has 0 spiro atoms. The molecule has 1 aliphatic rings. The average Bonchev–Trinajstić information content (AvgIpc) is 3.15. The molecular weight excluding hydrogens is 510 g/mol. The Morgan fingerprint density at radius 3 is 1.44 bits per heavy atom. The van der Waals surface area contributed by atoms with E-state index in [0.29, 0.717) is 5.41 Å². The standard InChI is InChI=1S/C17H29.C9H13.C3H6.2ClH.Zr/c1-15(2,3)12-10-11-13(16(4,5)6)14(12)17(7,8)9;1-9(2,3)8-6-4-5-7-8;1-3-2;;;/h10-11H,1-9H3;4,6H,7H2,1-3H3;1-2H3;2*1H;/q2*-1;;;;+2/p-2. The van der Waals surface area contributed by atoms with E-state index in [2.05, 4.69) is 121 Å². The maximum Gasteiger partial charge on any atom is -1.00 e. The third kappa shape index (κ3) is 13.2. The zero-order valence-electron chi connectivity index (χ0n) is 23.3. The van der Waals surface area contributed by atoms with Gasteiger partial charge in [0.25, 0.3) is 0 Å². The number of halogens is 2. The summed E-state index contributed by atoms with van der Waals surface area (Å²) < 4.78 is 1.51. The first-order valence-electron chi connectivity index (χ1n) is 11.3. The van der Waals surface area contributed by atoms with E-state index in [4.69, 9.17) is 0 Å². The predicted octanol–water partition coefficient (Wildman–Crippen LogP) is 2.77. The van der Waals surface area contributed by atoms with Crippen LogP contribution in [-0.2, 0) is 40.5 Å². The van der Waals surface area contributed by atoms with E-state index in [1.54, 1.807) is 29.8 Å². The molecule has 0 bridgehead atoms. The van der Waals surface area contributed by atoms with Gasteiger partial charge in [-0.1, -0.05) is 93.9 Å². The van der Waals surface area contributed by atoms with Crippen LogP contribution in [0.5, 0.6) is 0 Å². The summed E-state index contributed by atoms with van der Waals surface area (Å²) in [6.45, 7) is 31.8. The summed E-state index contributed by atoms with van der Waals surface area (Å²) in [4.78, 5) is 0. The molecule has 1 aromatic rings. The van der Waals surface area contributed by atoms with Gasteiger partial charge in [0.2, 0.25) is 0 Å². The van der Waals surface area contributed by atoms with Crippen molar-refractivity contribution < 1.29 is 49.0 Å². The Morgan fingerprint density at radius 2 is 1.22 bits per heavy atom. The van der Waals surface area contributed by atoms with Crippen LogP contribution in [0.3, 0.4) is 0 Å². The minimum absolute atomic E-state index is 0. The molecule has 32 heavy (non-hydrogen) atoms. The molecule has 0 saturated carbocycles. The molecule has 2 rings (SSSR count). The molecule has 0 fully saturated rings. The Kier molecular flexibility index (Phi) is 16.0. The SMILES string of the molecule is CC(C)(C)C1=CC=[C-]C1.CC(C)(C)c1c[cH-]c(C(C)(C)C)c1C(C)(C)C.C[C](C)=[Zr+2].[Cl-].[Cl-]. The first-order valence-corrected chi connectivity index (χ1v) is 12.5. The zero-order valence-corrected chi connectivity index (χ0v) is 27.2. The maximum absolute atomic E-state index is 3.16. The van der Waals surface area contributed by atoms with Crippen LogP contribution >= 0.6 is 0 Å². The first kappa shape index (κ1) is 36.7. The minimum Gasteiger partial charge on any atom is -1.00 e. The van der Waals surface area contributed by atoms with Gasteiger partial charge in [-0.3, -0.25) is 6.08 Å². The Labute approximate surface area is 228 Å². The Hall–Kier alpha value is 0.163. The molecule has 0 aliphatic heterocycles. The van der Waals surface area contributed by atoms with Gasteiger partial charge in [0.05, 0.1) is 0 Å². The normalized spacial score (nSPS) is 13.6. The maximum atomic E-state index is 3.16. The molecule has 0 unspecified atom stereocenters. The molecule has 0 N–H and O–H groups in total. The van der Waals surface area contributed by atoms with Crippen molar-refractivity contribution in [3.8, 4) is 0 Å². The van der Waals surface area contributed by atoms with Crippen LogP contribution in [0, 0.1) is 11.5 Å². The van der Waals surface area contributed by atoms with E-state index in [1.807, 2.05) is 6.08 Å². The summed E-state index contributed by atoms with van der Waals surface area (Å²) in [5.41, 5.74) is 7.08. The summed E-state index contributed by atoms with van der Waals surface area (Å²) in [7, 11) is 0. The Morgan fingerprint density at radius 1 is 0.781 bits per heavy atom. The van der Waals surface area contributed by atoms with Gasteiger partial charge >= 0.3 is 41.3 Å². The number of allylic oxidation sites excluding steroid dienone is 4. The smallest absolute Gasteiger partial charge is 1.00 e. The molecule has 1 aromatic carbocycles. The zero-order chi connectivity index (χ0) is 24.1. The quantitative estimate of drug-likeness (QED) is 0.430. The van der Waals surface area contributed by atoms with Crippen molar-refractivity contribution in [2.45, 2.75) is 120 Å². The second kappa shape index (κ2) is 13.9. The fourth-order valence-electron chi connectivity index (χ4n) is 3.44. The molecule has 184 valence electrons. The molecule has 0 atom stereocenters. The molecule has 0 heterocycles. The molecular formula is C29H48Cl2Zr-2. The van der Waals surface area contributed by atoms with Gasteiger partial charge in [0.15, 0.2) is 0 Å². The number of rotatable bonds is 0. The minimum atomic E-state index is 0. The van der Waals surface area contributed by atoms with Crippen LogP contribution in [0.25, 0.3) is 0 Å². The van der Waals surface area contributed by atoms with Crippen LogP contribution in [0.2, 0.25) is 0 Å². The van der Waals surface area contributed by atoms with Gasteiger partial charge in [0, 0.05) is 0 Å². The topological polar surface area (TPSA) is 0 Å². The van der Waals surface area contributed by atoms with Crippen molar-refractivity contribution in [3.63, 3.8) is 0 Å². The van der Waals surface area contributed by atoms with Crippen LogP contribution in [0.4, 0.5) is 0 Å². The van der Waals surface area contributed by atoms with Crippen molar-refractivity contribution in [2.75, 3.05) is 0 Å². The molecule has 0 aromatic heterocycles. The van der Waals surface area contributed by atoms with Crippen molar-refractivity contribution in [2.24, 2.45) is 5.41 Å². The van der Waals surface area contributed by atoms with Crippen molar-refractivity contribution in [1.82, 2.24) is 0 Å². The van der Waals surface area contributed by atoms with E-state index in [1.165, 1.54) is 19.9 Å². The fraction of sp³-hybridized carbons (Fsp3) is 0.655. The van der Waals surface area contributed by atoms with E-state index >= 15 is 0 Å². The van der Waals surface area contributed by atoms with E-state index in [0.717, 1.165) is 6.42 Å². The summed E-state index contributed by atoms with van der Waals surface area (Å²) in [6.07, 6.45) is 8.37. The van der Waals surface area contributed by atoms with Gasteiger partial charge in [0.1, 0.15) is 0 Å². The monoisotopic (exact) mass is 556 g/mol. The summed E-state index contributed by atoms with van der Waals surface area (Å²) >= 11 is 1.55. The summed E-state index contributed by atoms with van der Waals surface area (Å²) in [5, 5.41) is 0. The molecule has 3 heteroatoms. The number of hydrogen-bond acceptors (Lipinski definition) is 0. The van der Waals surface area contributed by atoms with Crippen LogP contribution in [-0.4, -0.2) is 3.21 Å². The summed E-state index contributed by atoms with van der Waals surface area (Å²) in [6, 6.07) is 4.67. The molecule has 0 nitrogen and oxygen atoms in total. The van der Waals surface area contributed by atoms with Crippen LogP contribution in [0.1, 0.15) is 120 Å². The third-order valence-corrected chi connectivity index (χ3v) is 4.98. The van der Waals surface area contributed by atoms with Gasteiger partial charge < -0.3 is 24.8 Å². The second-order valence-corrected chi connectivity index (χ2v) is 15.2. The average molecular weight is 559 g/mol. The first-order chi connectivity index (χ1) is 13.2.